The summed E-state index contributed by atoms with van der Waals surface area (Å²) in [4.78, 5) is 24.4. The molecule has 29 heavy (non-hydrogen) atoms. The number of esters is 1. The van der Waals surface area contributed by atoms with Crippen molar-refractivity contribution in [1.82, 2.24) is 10.6 Å². The number of hydrogen-bond donors (Lipinski definition) is 3. The third-order valence-electron chi connectivity index (χ3n) is 5.44. The third kappa shape index (κ3) is 5.35. The van der Waals surface area contributed by atoms with Gasteiger partial charge in [0.1, 0.15) is 12.6 Å². The van der Waals surface area contributed by atoms with Crippen molar-refractivity contribution in [2.75, 3.05) is 6.54 Å². The number of fused-ring (bicyclic) bond motifs is 1. The Bertz CT molecular complexity index is 851. The molecule has 1 aliphatic carbocycles. The minimum atomic E-state index is -0.915. The van der Waals surface area contributed by atoms with E-state index in [1.54, 1.807) is 0 Å². The summed E-state index contributed by atoms with van der Waals surface area (Å²) < 4.78 is 5.21. The Morgan fingerprint density at radius 3 is 2.59 bits per heavy atom. The Morgan fingerprint density at radius 1 is 1.14 bits per heavy atom. The van der Waals surface area contributed by atoms with Gasteiger partial charge in [0.15, 0.2) is 0 Å². The molecule has 0 saturated carbocycles. The van der Waals surface area contributed by atoms with E-state index in [0.29, 0.717) is 0 Å². The van der Waals surface area contributed by atoms with Gasteiger partial charge in [0.2, 0.25) is 0 Å². The molecular weight excluding hydrogens is 366 g/mol. The van der Waals surface area contributed by atoms with Gasteiger partial charge in [-0.25, -0.2) is 4.79 Å². The molecule has 2 atom stereocenters. The second-order valence-electron chi connectivity index (χ2n) is 8.12. The summed E-state index contributed by atoms with van der Waals surface area (Å²) in [6.07, 6.45) is 1.85. The van der Waals surface area contributed by atoms with Crippen molar-refractivity contribution in [3.05, 3.63) is 71.3 Å². The molecule has 1 unspecified atom stereocenters. The molecule has 1 aliphatic rings. The first kappa shape index (κ1) is 20.9. The monoisotopic (exact) mass is 395 g/mol. The summed E-state index contributed by atoms with van der Waals surface area (Å²) >= 11 is 0. The Labute approximate surface area is 171 Å². The molecule has 0 radical (unpaired) electrons. The van der Waals surface area contributed by atoms with Crippen LogP contribution < -0.4 is 16.4 Å². The minimum absolute atomic E-state index is 0.0132. The maximum atomic E-state index is 12.4. The highest BCUT2D eigenvalue weighted by atomic mass is 16.5. The lowest BCUT2D eigenvalue weighted by Crippen LogP contribution is -2.47. The zero-order chi connectivity index (χ0) is 20.9. The van der Waals surface area contributed by atoms with Crippen LogP contribution in [-0.2, 0) is 21.6 Å². The van der Waals surface area contributed by atoms with E-state index in [0.717, 1.165) is 24.0 Å². The average Bonchev–Trinajstić information content (AvgIpc) is 2.73. The van der Waals surface area contributed by atoms with Gasteiger partial charge in [0.25, 0.3) is 0 Å². The van der Waals surface area contributed by atoms with Crippen molar-refractivity contribution in [3.63, 3.8) is 0 Å². The van der Waals surface area contributed by atoms with Crippen molar-refractivity contribution in [1.29, 1.82) is 0 Å². The molecular formula is C23H29N3O3. The van der Waals surface area contributed by atoms with E-state index in [9.17, 15) is 9.59 Å². The van der Waals surface area contributed by atoms with E-state index in [1.807, 2.05) is 42.5 Å². The fourth-order valence-electron chi connectivity index (χ4n) is 3.69. The van der Waals surface area contributed by atoms with Crippen LogP contribution in [0.5, 0.6) is 0 Å². The number of amides is 2. The third-order valence-corrected chi connectivity index (χ3v) is 5.44. The molecule has 0 saturated heterocycles. The number of ether oxygens (including phenoxy) is 1. The van der Waals surface area contributed by atoms with Gasteiger partial charge >= 0.3 is 12.0 Å². The molecule has 2 aromatic carbocycles. The second-order valence-corrected chi connectivity index (χ2v) is 8.12. The maximum absolute atomic E-state index is 12.4. The van der Waals surface area contributed by atoms with Gasteiger partial charge in [0, 0.05) is 6.54 Å². The number of nitrogens with one attached hydrogen (secondary N) is 2. The average molecular weight is 396 g/mol. The van der Waals surface area contributed by atoms with Gasteiger partial charge in [-0.1, -0.05) is 68.4 Å². The molecule has 0 bridgehead atoms. The molecule has 3 rings (SSSR count). The highest BCUT2D eigenvalue weighted by Crippen LogP contribution is 2.41. The van der Waals surface area contributed by atoms with Crippen molar-refractivity contribution in [3.8, 4) is 0 Å². The maximum Gasteiger partial charge on any atom is 0.325 e. The molecule has 4 N–H and O–H groups in total. The van der Waals surface area contributed by atoms with Crippen LogP contribution in [0.2, 0.25) is 0 Å². The van der Waals surface area contributed by atoms with Gasteiger partial charge in [-0.2, -0.15) is 0 Å². The number of carbonyl (C=O) groups excluding carboxylic acids is 2. The van der Waals surface area contributed by atoms with Crippen LogP contribution in [0, 0.1) is 0 Å². The van der Waals surface area contributed by atoms with Crippen LogP contribution in [0.25, 0.3) is 0 Å². The predicted octanol–water partition coefficient (Wildman–Crippen LogP) is 3.17. The second kappa shape index (κ2) is 9.09. The van der Waals surface area contributed by atoms with Gasteiger partial charge < -0.3 is 21.1 Å². The largest absolute Gasteiger partial charge is 0.460 e. The first-order valence-electron chi connectivity index (χ1n) is 9.97. The smallest absolute Gasteiger partial charge is 0.325 e. The van der Waals surface area contributed by atoms with Crippen LogP contribution in [0.1, 0.15) is 49.4 Å². The number of rotatable bonds is 6. The van der Waals surface area contributed by atoms with Crippen molar-refractivity contribution in [2.24, 2.45) is 5.73 Å². The molecule has 6 nitrogen and oxygen atoms in total. The van der Waals surface area contributed by atoms with E-state index in [2.05, 4.69) is 36.6 Å². The normalized spacial score (nSPS) is 18.2. The van der Waals surface area contributed by atoms with Crippen molar-refractivity contribution >= 4 is 12.0 Å². The van der Waals surface area contributed by atoms with E-state index in [4.69, 9.17) is 10.5 Å². The van der Waals surface area contributed by atoms with E-state index < -0.39 is 12.0 Å². The summed E-state index contributed by atoms with van der Waals surface area (Å²) in [7, 11) is 0. The minimum Gasteiger partial charge on any atom is -0.460 e. The SMILES string of the molecule is CC1(C)CCC(NC(=O)NC[C@H](N)C(=O)OCc2ccccc2)c2ccccc21. The zero-order valence-electron chi connectivity index (χ0n) is 17.0. The molecule has 6 heteroatoms. The molecule has 0 fully saturated rings. The summed E-state index contributed by atoms with van der Waals surface area (Å²) in [5, 5.41) is 5.69. The standard InChI is InChI=1S/C23H29N3O3/c1-23(2)13-12-20(17-10-6-7-11-18(17)23)26-22(28)25-14-19(24)21(27)29-15-16-8-4-3-5-9-16/h3-11,19-20H,12-15,24H2,1-2H3,(H2,25,26,28)/t19-,20?/m0/s1. The predicted molar refractivity (Wildman–Crippen MR) is 112 cm³/mol. The van der Waals surface area contributed by atoms with Crippen molar-refractivity contribution in [2.45, 2.75) is 50.8 Å². The summed E-state index contributed by atoms with van der Waals surface area (Å²) in [6, 6.07) is 16.3. The number of benzene rings is 2. The molecule has 0 heterocycles. The Hall–Kier alpha value is -2.86. The first-order valence-corrected chi connectivity index (χ1v) is 9.97. The van der Waals surface area contributed by atoms with E-state index in [-0.39, 0.29) is 30.6 Å². The quantitative estimate of drug-likeness (QED) is 0.655. The summed E-state index contributed by atoms with van der Waals surface area (Å²) in [5.41, 5.74) is 9.24. The molecule has 0 aromatic heterocycles. The molecule has 154 valence electrons. The van der Waals surface area contributed by atoms with Gasteiger partial charge in [-0.3, -0.25) is 4.79 Å². The molecule has 0 spiro atoms. The van der Waals surface area contributed by atoms with Gasteiger partial charge in [-0.05, 0) is 34.9 Å². The van der Waals surface area contributed by atoms with Crippen LogP contribution in [0.3, 0.4) is 0 Å². The molecule has 0 aliphatic heterocycles. The Kier molecular flexibility index (Phi) is 6.54. The van der Waals surface area contributed by atoms with Crippen LogP contribution in [0.4, 0.5) is 4.79 Å². The summed E-state index contributed by atoms with van der Waals surface area (Å²) in [5.74, 6) is -0.543. The lowest BCUT2D eigenvalue weighted by atomic mass is 9.71. The topological polar surface area (TPSA) is 93.5 Å². The lowest BCUT2D eigenvalue weighted by Gasteiger charge is -2.37. The fourth-order valence-corrected chi connectivity index (χ4v) is 3.69. The van der Waals surface area contributed by atoms with Crippen LogP contribution >= 0.6 is 0 Å². The Morgan fingerprint density at radius 2 is 1.83 bits per heavy atom. The summed E-state index contributed by atoms with van der Waals surface area (Å²) in [6.45, 7) is 4.62. The number of urea groups is 1. The fraction of sp³-hybridized carbons (Fsp3) is 0.391. The van der Waals surface area contributed by atoms with Crippen molar-refractivity contribution < 1.29 is 14.3 Å². The van der Waals surface area contributed by atoms with Gasteiger partial charge in [0.05, 0.1) is 6.04 Å². The highest BCUT2D eigenvalue weighted by Gasteiger charge is 2.32. The van der Waals surface area contributed by atoms with Crippen LogP contribution in [0.15, 0.2) is 54.6 Å². The molecule has 2 aromatic rings. The zero-order valence-corrected chi connectivity index (χ0v) is 17.0. The van der Waals surface area contributed by atoms with Gasteiger partial charge in [-0.15, -0.1) is 0 Å². The van der Waals surface area contributed by atoms with E-state index in [1.165, 1.54) is 5.56 Å². The number of hydrogen-bond acceptors (Lipinski definition) is 4. The lowest BCUT2D eigenvalue weighted by molar-refractivity contribution is -0.146. The van der Waals surface area contributed by atoms with E-state index >= 15 is 0 Å². The number of carbonyl (C=O) groups is 2. The van der Waals surface area contributed by atoms with Crippen LogP contribution in [-0.4, -0.2) is 24.6 Å². The first-order chi connectivity index (χ1) is 13.9. The highest BCUT2D eigenvalue weighted by molar-refractivity contribution is 5.78. The number of nitrogens with two attached hydrogens (primary N) is 1. The molecule has 2 amide bonds. The Balaban J connectivity index is 1.48.